The van der Waals surface area contributed by atoms with Gasteiger partial charge in [-0.05, 0) is 25.1 Å². The Morgan fingerprint density at radius 1 is 1.50 bits per heavy atom. The molecule has 0 aromatic carbocycles. The Hall–Kier alpha value is 0.127. The van der Waals surface area contributed by atoms with E-state index in [1.165, 1.54) is 0 Å². The molecular weight excluding hydrogens is 286 g/mol. The van der Waals surface area contributed by atoms with Gasteiger partial charge in [-0.3, -0.25) is 8.72 Å². The fraction of sp³-hybridized carbons (Fsp3) is 0.909. The molecule has 0 bridgehead atoms. The molecule has 0 saturated carbocycles. The molecule has 5 heteroatoms. The molecule has 0 unspecified atom stereocenters. The van der Waals surface area contributed by atoms with Crippen molar-refractivity contribution in [2.24, 2.45) is 5.92 Å². The van der Waals surface area contributed by atoms with Crippen LogP contribution in [0.4, 0.5) is 0 Å². The predicted molar refractivity (Wildman–Crippen MR) is 71.9 cm³/mol. The first-order valence-electron chi connectivity index (χ1n) is 5.71. The Labute approximate surface area is 108 Å². The van der Waals surface area contributed by atoms with Crippen molar-refractivity contribution in [3.8, 4) is 0 Å². The molecule has 0 aromatic heterocycles. The van der Waals surface area contributed by atoms with Crippen LogP contribution in [0.3, 0.4) is 0 Å². The number of hydrogen-bond donors (Lipinski definition) is 0. The molecule has 2 atom stereocenters. The van der Waals surface area contributed by atoms with E-state index in [9.17, 15) is 4.79 Å². The van der Waals surface area contributed by atoms with Gasteiger partial charge in [-0.2, -0.15) is 0 Å². The van der Waals surface area contributed by atoms with E-state index >= 15 is 0 Å². The van der Waals surface area contributed by atoms with Gasteiger partial charge in [0.1, 0.15) is 0 Å². The molecule has 0 radical (unpaired) electrons. The Bertz CT molecular complexity index is 288. The molecule has 0 aromatic rings. The molecule has 1 aliphatic rings. The number of β-lactam (4-membered cyclic amide) rings is 1. The second kappa shape index (κ2) is 4.42. The highest BCUT2D eigenvalue weighted by molar-refractivity contribution is 9.07. The van der Waals surface area contributed by atoms with Crippen molar-refractivity contribution in [2.45, 2.75) is 51.9 Å². The maximum absolute atomic E-state index is 11.6. The quantitative estimate of drug-likeness (QED) is 0.455. The second-order valence-corrected chi connectivity index (χ2v) is 11.7. The number of rotatable bonds is 3. The second-order valence-electron chi connectivity index (χ2n) is 6.07. The first-order valence-corrected chi connectivity index (χ1v) is 9.33. The van der Waals surface area contributed by atoms with Gasteiger partial charge in [0.25, 0.3) is 0 Å². The van der Waals surface area contributed by atoms with Crippen LogP contribution in [-0.4, -0.2) is 30.8 Å². The average molecular weight is 308 g/mol. The van der Waals surface area contributed by atoms with Gasteiger partial charge in [-0.1, -0.05) is 20.8 Å². The number of carbonyl (C=O) groups is 1. The molecule has 1 rings (SSSR count). The minimum absolute atomic E-state index is 0.0298. The van der Waals surface area contributed by atoms with Crippen LogP contribution in [0.1, 0.15) is 27.7 Å². The van der Waals surface area contributed by atoms with Crippen molar-refractivity contribution in [1.82, 2.24) is 3.93 Å². The lowest BCUT2D eigenvalue weighted by molar-refractivity contribution is -0.143. The van der Waals surface area contributed by atoms with Crippen molar-refractivity contribution in [3.05, 3.63) is 0 Å². The molecular formula is C11H22BrNO2Si. The number of hydrogen-bond acceptors (Lipinski definition) is 2. The number of amides is 1. The molecule has 1 aliphatic heterocycles. The highest BCUT2D eigenvalue weighted by Gasteiger charge is 2.45. The van der Waals surface area contributed by atoms with Crippen molar-refractivity contribution < 1.29 is 9.22 Å². The monoisotopic (exact) mass is 307 g/mol. The van der Waals surface area contributed by atoms with Crippen LogP contribution in [0.5, 0.6) is 0 Å². The molecule has 94 valence electrons. The lowest BCUT2D eigenvalue weighted by atomic mass is 9.97. The summed E-state index contributed by atoms with van der Waals surface area (Å²) in [6.07, 6.45) is 0.0298. The van der Waals surface area contributed by atoms with Gasteiger partial charge in [-0.15, -0.1) is 0 Å². The molecule has 1 heterocycles. The smallest absolute Gasteiger partial charge is 0.239 e. The molecule has 0 aliphatic carbocycles. The van der Waals surface area contributed by atoms with Gasteiger partial charge in [0.15, 0.2) is 8.32 Å². The summed E-state index contributed by atoms with van der Waals surface area (Å²) in [5.41, 5.74) is 0. The fourth-order valence-electron chi connectivity index (χ4n) is 1.48. The Kier molecular flexibility index (Phi) is 3.92. The van der Waals surface area contributed by atoms with Crippen molar-refractivity contribution in [1.29, 1.82) is 0 Å². The minimum Gasteiger partial charge on any atom is -0.413 e. The summed E-state index contributed by atoms with van der Waals surface area (Å²) in [5.74, 6) is 0.180. The normalized spacial score (nSPS) is 24.3. The molecule has 0 spiro atoms. The van der Waals surface area contributed by atoms with Crippen LogP contribution in [0, 0.1) is 5.92 Å². The van der Waals surface area contributed by atoms with Crippen LogP contribution >= 0.6 is 16.1 Å². The summed E-state index contributed by atoms with van der Waals surface area (Å²) in [6, 6.07) is 0. The van der Waals surface area contributed by atoms with E-state index in [4.69, 9.17) is 4.43 Å². The van der Waals surface area contributed by atoms with Crippen LogP contribution < -0.4 is 0 Å². The largest absolute Gasteiger partial charge is 0.413 e. The van der Waals surface area contributed by atoms with Crippen molar-refractivity contribution >= 4 is 30.4 Å². The zero-order valence-corrected chi connectivity index (χ0v) is 13.6. The standard InChI is InChI=1S/C11H22BrNO2Si/c1-8(9-7-13(12)10(9)14)15-16(5,6)11(2,3)4/h8-9H,7H2,1-6H3/t8-,9+/m1/s1. The Morgan fingerprint density at radius 3 is 2.31 bits per heavy atom. The summed E-state index contributed by atoms with van der Waals surface area (Å²) in [6.45, 7) is 13.9. The van der Waals surface area contributed by atoms with E-state index in [-0.39, 0.29) is 23.0 Å². The maximum atomic E-state index is 11.6. The lowest BCUT2D eigenvalue weighted by Crippen LogP contribution is -2.55. The highest BCUT2D eigenvalue weighted by Crippen LogP contribution is 2.39. The van der Waals surface area contributed by atoms with E-state index in [0.717, 1.165) is 6.54 Å². The summed E-state index contributed by atoms with van der Waals surface area (Å²) in [5, 5.41) is 0.197. The van der Waals surface area contributed by atoms with Crippen LogP contribution in [-0.2, 0) is 9.22 Å². The highest BCUT2D eigenvalue weighted by atomic mass is 79.9. The van der Waals surface area contributed by atoms with Gasteiger partial charge in [0.05, 0.1) is 28.2 Å². The van der Waals surface area contributed by atoms with E-state index in [1.54, 1.807) is 3.93 Å². The lowest BCUT2D eigenvalue weighted by Gasteiger charge is -2.43. The van der Waals surface area contributed by atoms with E-state index in [0.29, 0.717) is 0 Å². The predicted octanol–water partition coefficient (Wildman–Crippen LogP) is 3.17. The summed E-state index contributed by atoms with van der Waals surface area (Å²) < 4.78 is 7.77. The van der Waals surface area contributed by atoms with Crippen molar-refractivity contribution in [2.75, 3.05) is 6.54 Å². The number of nitrogens with zero attached hydrogens (tertiary/aromatic N) is 1. The molecule has 3 nitrogen and oxygen atoms in total. The average Bonchev–Trinajstić information content (AvgIpc) is 2.10. The van der Waals surface area contributed by atoms with E-state index in [1.807, 2.05) is 6.92 Å². The molecule has 1 amide bonds. The third-order valence-electron chi connectivity index (χ3n) is 3.77. The Balaban J connectivity index is 2.58. The first kappa shape index (κ1) is 14.2. The molecule has 0 N–H and O–H groups in total. The minimum atomic E-state index is -1.75. The molecule has 16 heavy (non-hydrogen) atoms. The van der Waals surface area contributed by atoms with Gasteiger partial charge in [-0.25, -0.2) is 0 Å². The van der Waals surface area contributed by atoms with Gasteiger partial charge >= 0.3 is 0 Å². The molecule has 1 fully saturated rings. The van der Waals surface area contributed by atoms with Crippen LogP contribution in [0.25, 0.3) is 0 Å². The van der Waals surface area contributed by atoms with Gasteiger partial charge < -0.3 is 4.43 Å². The zero-order chi connectivity index (χ0) is 12.7. The first-order chi connectivity index (χ1) is 7.06. The Morgan fingerprint density at radius 2 is 2.00 bits per heavy atom. The SMILES string of the molecule is C[C@@H](O[Si](C)(C)C(C)(C)C)[C@@H]1CN(Br)C1=O. The summed E-state index contributed by atoms with van der Waals surface area (Å²) in [4.78, 5) is 11.6. The number of carbonyl (C=O) groups excluding carboxylic acids is 1. The maximum Gasteiger partial charge on any atom is 0.239 e. The number of halogens is 1. The fourth-order valence-corrected chi connectivity index (χ4v) is 3.50. The summed E-state index contributed by atoms with van der Waals surface area (Å²) in [7, 11) is -1.75. The zero-order valence-electron chi connectivity index (χ0n) is 11.0. The third-order valence-corrected chi connectivity index (χ3v) is 8.98. The molecule has 1 saturated heterocycles. The van der Waals surface area contributed by atoms with Gasteiger partial charge in [0, 0.05) is 6.54 Å². The van der Waals surface area contributed by atoms with Crippen LogP contribution in [0.2, 0.25) is 18.1 Å². The topological polar surface area (TPSA) is 29.5 Å². The summed E-state index contributed by atoms with van der Waals surface area (Å²) >= 11 is 3.19. The van der Waals surface area contributed by atoms with E-state index in [2.05, 4.69) is 50.0 Å². The van der Waals surface area contributed by atoms with Crippen molar-refractivity contribution in [3.63, 3.8) is 0 Å². The van der Waals surface area contributed by atoms with E-state index < -0.39 is 8.32 Å². The van der Waals surface area contributed by atoms with Gasteiger partial charge in [0.2, 0.25) is 5.91 Å². The third kappa shape index (κ3) is 2.68. The van der Waals surface area contributed by atoms with Crippen LogP contribution in [0.15, 0.2) is 0 Å².